The first-order chi connectivity index (χ1) is 16.7. The predicted molar refractivity (Wildman–Crippen MR) is 144 cm³/mol. The number of allylic oxidation sites excluding steroid dienone is 1. The van der Waals surface area contributed by atoms with E-state index in [9.17, 15) is 28.0 Å². The highest BCUT2D eigenvalue weighted by Gasteiger charge is 2.27. The van der Waals surface area contributed by atoms with E-state index in [1.165, 1.54) is 57.4 Å². The van der Waals surface area contributed by atoms with Crippen LogP contribution in [0.1, 0.15) is 129 Å². The van der Waals surface area contributed by atoms with Gasteiger partial charge in [-0.15, -0.1) is 0 Å². The van der Waals surface area contributed by atoms with Crippen LogP contribution in [0.4, 0.5) is 0 Å². The van der Waals surface area contributed by atoms with Gasteiger partial charge in [-0.1, -0.05) is 122 Å². The Morgan fingerprint density at radius 3 is 1.71 bits per heavy atom. The Hall–Kier alpha value is -0.960. The zero-order valence-corrected chi connectivity index (χ0v) is 23.1. The van der Waals surface area contributed by atoms with Crippen molar-refractivity contribution >= 4 is 16.0 Å². The molecule has 0 heterocycles. The van der Waals surface area contributed by atoms with Crippen molar-refractivity contribution in [1.82, 2.24) is 5.32 Å². The third kappa shape index (κ3) is 22.0. The lowest BCUT2D eigenvalue weighted by Crippen LogP contribution is -2.50. The summed E-state index contributed by atoms with van der Waals surface area (Å²) in [7, 11) is -4.41. The third-order valence-corrected chi connectivity index (χ3v) is 7.10. The van der Waals surface area contributed by atoms with Gasteiger partial charge in [-0.05, 0) is 19.3 Å². The maximum Gasteiger partial charge on any atom is 0.267 e. The Labute approximate surface area is 214 Å². The van der Waals surface area contributed by atoms with Gasteiger partial charge in [0.1, 0.15) is 6.10 Å². The lowest BCUT2D eigenvalue weighted by atomic mass is 10.0. The van der Waals surface area contributed by atoms with Gasteiger partial charge in [-0.3, -0.25) is 9.35 Å². The molecule has 0 saturated heterocycles. The number of amides is 1. The highest BCUT2D eigenvalue weighted by Crippen LogP contribution is 2.13. The van der Waals surface area contributed by atoms with Gasteiger partial charge >= 0.3 is 0 Å². The number of nitrogens with one attached hydrogen (secondary N) is 1. The second-order valence-corrected chi connectivity index (χ2v) is 11.3. The molecule has 1 amide bonds. The number of carbonyl (C=O) groups is 1. The number of hydrogen-bond acceptors (Lipinski definition) is 5. The van der Waals surface area contributed by atoms with Crippen LogP contribution < -0.4 is 5.32 Å². The number of hydrogen-bond donors (Lipinski definition) is 4. The van der Waals surface area contributed by atoms with Crippen LogP contribution in [0.25, 0.3) is 0 Å². The van der Waals surface area contributed by atoms with Gasteiger partial charge in [-0.2, -0.15) is 8.42 Å². The minimum absolute atomic E-state index is 0.283. The molecule has 0 aromatic carbocycles. The minimum atomic E-state index is -4.41. The molecular weight excluding hydrogens is 466 g/mol. The van der Waals surface area contributed by atoms with Crippen molar-refractivity contribution in [2.75, 3.05) is 5.75 Å². The summed E-state index contributed by atoms with van der Waals surface area (Å²) >= 11 is 0. The zero-order chi connectivity index (χ0) is 26.4. The molecule has 0 radical (unpaired) electrons. The molecular formula is C27H53NO6S. The molecule has 0 aliphatic rings. The van der Waals surface area contributed by atoms with Crippen molar-refractivity contribution in [3.8, 4) is 0 Å². The Bertz CT molecular complexity index is 638. The van der Waals surface area contributed by atoms with E-state index in [-0.39, 0.29) is 6.42 Å². The molecule has 7 nitrogen and oxygen atoms in total. The van der Waals surface area contributed by atoms with Gasteiger partial charge in [0.05, 0.1) is 17.9 Å². The second kappa shape index (κ2) is 22.3. The highest BCUT2D eigenvalue weighted by atomic mass is 32.2. The quantitative estimate of drug-likeness (QED) is 0.0737. The molecule has 0 aliphatic heterocycles. The van der Waals surface area contributed by atoms with Gasteiger partial charge in [-0.25, -0.2) is 0 Å². The van der Waals surface area contributed by atoms with Crippen molar-refractivity contribution in [3.05, 3.63) is 12.2 Å². The SMILES string of the molecule is CCCCCCC/C=C/C(O)C(CS(=O)(=O)O)NC(=O)C(O)CCCCCCCCCCCCC. The molecule has 0 aromatic heterocycles. The predicted octanol–water partition coefficient (Wildman–Crippen LogP) is 5.70. The summed E-state index contributed by atoms with van der Waals surface area (Å²) in [5, 5.41) is 22.9. The Balaban J connectivity index is 4.27. The topological polar surface area (TPSA) is 124 Å². The number of unbranched alkanes of at least 4 members (excludes halogenated alkanes) is 15. The molecule has 35 heavy (non-hydrogen) atoms. The van der Waals surface area contributed by atoms with Crippen molar-refractivity contribution in [3.63, 3.8) is 0 Å². The van der Waals surface area contributed by atoms with Gasteiger partial charge in [0.25, 0.3) is 10.1 Å². The fourth-order valence-electron chi connectivity index (χ4n) is 4.10. The van der Waals surface area contributed by atoms with Crippen molar-refractivity contribution < 1.29 is 28.0 Å². The van der Waals surface area contributed by atoms with Crippen LogP contribution in [0.2, 0.25) is 0 Å². The van der Waals surface area contributed by atoms with Crippen LogP contribution in [-0.4, -0.2) is 53.1 Å². The fourth-order valence-corrected chi connectivity index (χ4v) is 4.83. The zero-order valence-electron chi connectivity index (χ0n) is 22.3. The summed E-state index contributed by atoms with van der Waals surface area (Å²) in [5.74, 6) is -1.54. The number of aliphatic hydroxyl groups excluding tert-OH is 2. The van der Waals surface area contributed by atoms with E-state index in [0.717, 1.165) is 51.4 Å². The third-order valence-electron chi connectivity index (χ3n) is 6.32. The molecule has 3 unspecified atom stereocenters. The summed E-state index contributed by atoms with van der Waals surface area (Å²) in [6.45, 7) is 4.37. The number of rotatable bonds is 24. The normalized spacial score (nSPS) is 14.8. The molecule has 4 N–H and O–H groups in total. The summed E-state index contributed by atoms with van der Waals surface area (Å²) in [5.41, 5.74) is 0. The van der Waals surface area contributed by atoms with E-state index >= 15 is 0 Å². The Kier molecular flexibility index (Phi) is 21.6. The largest absolute Gasteiger partial charge is 0.387 e. The number of aliphatic hydroxyl groups is 2. The molecule has 0 saturated carbocycles. The molecule has 0 aliphatic carbocycles. The molecule has 0 spiro atoms. The fraction of sp³-hybridized carbons (Fsp3) is 0.889. The first-order valence-corrected chi connectivity index (χ1v) is 15.6. The lowest BCUT2D eigenvalue weighted by Gasteiger charge is -2.22. The van der Waals surface area contributed by atoms with Gasteiger partial charge in [0, 0.05) is 0 Å². The van der Waals surface area contributed by atoms with Gasteiger partial charge in [0.15, 0.2) is 0 Å². The van der Waals surface area contributed by atoms with Crippen LogP contribution in [0.3, 0.4) is 0 Å². The van der Waals surface area contributed by atoms with Crippen LogP contribution in [0.5, 0.6) is 0 Å². The van der Waals surface area contributed by atoms with E-state index in [0.29, 0.717) is 6.42 Å². The average Bonchev–Trinajstić information content (AvgIpc) is 2.80. The Morgan fingerprint density at radius 1 is 0.771 bits per heavy atom. The molecule has 8 heteroatoms. The molecule has 0 fully saturated rings. The first-order valence-electron chi connectivity index (χ1n) is 14.0. The van der Waals surface area contributed by atoms with E-state index in [1.54, 1.807) is 6.08 Å². The summed E-state index contributed by atoms with van der Waals surface area (Å²) in [4.78, 5) is 12.4. The van der Waals surface area contributed by atoms with E-state index in [4.69, 9.17) is 0 Å². The summed E-state index contributed by atoms with van der Waals surface area (Å²) in [6, 6.07) is -1.22. The summed E-state index contributed by atoms with van der Waals surface area (Å²) in [6.07, 6.45) is 20.1. The van der Waals surface area contributed by atoms with E-state index in [1.807, 2.05) is 0 Å². The molecule has 0 bridgehead atoms. The standard InChI is InChI=1S/C27H53NO6S/c1-3-5-7-9-11-12-13-14-16-18-20-22-26(30)27(31)28-24(23-35(32,33)34)25(29)21-19-17-15-10-8-6-4-2/h19,21,24-26,29-30H,3-18,20,22-23H2,1-2H3,(H,28,31)(H,32,33,34)/b21-19+. The minimum Gasteiger partial charge on any atom is -0.387 e. The maximum absolute atomic E-state index is 12.4. The molecule has 3 atom stereocenters. The summed E-state index contributed by atoms with van der Waals surface area (Å²) < 4.78 is 32.0. The second-order valence-electron chi connectivity index (χ2n) is 9.83. The molecule has 208 valence electrons. The lowest BCUT2D eigenvalue weighted by molar-refractivity contribution is -0.130. The molecule has 0 rings (SSSR count). The number of carbonyl (C=O) groups excluding carboxylic acids is 1. The van der Waals surface area contributed by atoms with E-state index in [2.05, 4.69) is 19.2 Å². The van der Waals surface area contributed by atoms with Crippen LogP contribution in [0.15, 0.2) is 12.2 Å². The first kappa shape index (κ1) is 34.0. The van der Waals surface area contributed by atoms with Crippen molar-refractivity contribution in [2.45, 2.75) is 148 Å². The van der Waals surface area contributed by atoms with E-state index < -0.39 is 40.0 Å². The highest BCUT2D eigenvalue weighted by molar-refractivity contribution is 7.85. The van der Waals surface area contributed by atoms with Gasteiger partial charge in [0.2, 0.25) is 5.91 Å². The Morgan fingerprint density at radius 2 is 1.23 bits per heavy atom. The van der Waals surface area contributed by atoms with Crippen molar-refractivity contribution in [2.24, 2.45) is 0 Å². The maximum atomic E-state index is 12.4. The molecule has 0 aromatic rings. The van der Waals surface area contributed by atoms with Crippen molar-refractivity contribution in [1.29, 1.82) is 0 Å². The van der Waals surface area contributed by atoms with Crippen LogP contribution >= 0.6 is 0 Å². The van der Waals surface area contributed by atoms with Crippen LogP contribution in [-0.2, 0) is 14.9 Å². The smallest absolute Gasteiger partial charge is 0.267 e. The average molecular weight is 520 g/mol. The van der Waals surface area contributed by atoms with Crippen LogP contribution in [0, 0.1) is 0 Å². The monoisotopic (exact) mass is 519 g/mol. The van der Waals surface area contributed by atoms with Gasteiger partial charge < -0.3 is 15.5 Å².